The number of aliphatic hydroxyl groups is 1. The smallest absolute Gasteiger partial charge is 0.118 e. The minimum absolute atomic E-state index is 0.126. The minimum atomic E-state index is -0.658. The van der Waals surface area contributed by atoms with Crippen LogP contribution in [0.2, 0.25) is 5.02 Å². The van der Waals surface area contributed by atoms with Crippen molar-refractivity contribution in [2.45, 2.75) is 16.2 Å². The lowest BCUT2D eigenvalue weighted by molar-refractivity contribution is 0.244. The van der Waals surface area contributed by atoms with Gasteiger partial charge in [-0.3, -0.25) is 4.99 Å². The number of aliphatic hydroxyl groups excluding tert-OH is 1. The number of hydrogen-bond donors (Lipinski definition) is 1. The molecule has 0 aromatic heterocycles. The Morgan fingerprint density at radius 1 is 1.19 bits per heavy atom. The molecule has 0 amide bonds. The van der Waals surface area contributed by atoms with E-state index in [2.05, 4.69) is 4.99 Å². The molecule has 108 valence electrons. The summed E-state index contributed by atoms with van der Waals surface area (Å²) < 4.78 is 5.17. The third-order valence-corrected chi connectivity index (χ3v) is 4.92. The molecule has 5 heteroatoms. The fourth-order valence-electron chi connectivity index (χ4n) is 2.19. The first kappa shape index (κ1) is 14.4. The van der Waals surface area contributed by atoms with E-state index in [1.54, 1.807) is 31.2 Å². The summed E-state index contributed by atoms with van der Waals surface area (Å²) >= 11 is 7.62. The number of rotatable bonds is 2. The van der Waals surface area contributed by atoms with E-state index in [1.807, 2.05) is 36.4 Å². The van der Waals surface area contributed by atoms with Crippen LogP contribution in [0, 0.1) is 0 Å². The van der Waals surface area contributed by atoms with Gasteiger partial charge in [0.05, 0.1) is 18.0 Å². The third-order valence-electron chi connectivity index (χ3n) is 3.30. The Labute approximate surface area is 132 Å². The van der Waals surface area contributed by atoms with Crippen LogP contribution in [0.5, 0.6) is 5.75 Å². The van der Waals surface area contributed by atoms with Crippen molar-refractivity contribution >= 4 is 35.3 Å². The second-order valence-corrected chi connectivity index (χ2v) is 6.31. The molecule has 1 aliphatic rings. The third kappa shape index (κ3) is 3.07. The van der Waals surface area contributed by atoms with Gasteiger partial charge in [-0.05, 0) is 35.9 Å². The predicted molar refractivity (Wildman–Crippen MR) is 87.2 cm³/mol. The van der Waals surface area contributed by atoms with E-state index in [9.17, 15) is 5.11 Å². The van der Waals surface area contributed by atoms with Gasteiger partial charge in [0.2, 0.25) is 0 Å². The molecular formula is C16H14ClNO2S. The molecule has 21 heavy (non-hydrogen) atoms. The molecule has 2 aromatic rings. The summed E-state index contributed by atoms with van der Waals surface area (Å²) in [5.74, 6) is 0.795. The summed E-state index contributed by atoms with van der Waals surface area (Å²) in [7, 11) is 1.63. The second kappa shape index (κ2) is 6.10. The molecule has 0 aliphatic carbocycles. The number of benzene rings is 2. The predicted octanol–water partition coefficient (Wildman–Crippen LogP) is 4.26. The molecule has 3 nitrogen and oxygen atoms in total. The van der Waals surface area contributed by atoms with Gasteiger partial charge in [0, 0.05) is 16.1 Å². The van der Waals surface area contributed by atoms with E-state index in [-0.39, 0.29) is 5.25 Å². The second-order valence-electron chi connectivity index (χ2n) is 4.69. The molecule has 2 atom stereocenters. The molecule has 0 saturated heterocycles. The maximum absolute atomic E-state index is 10.3. The van der Waals surface area contributed by atoms with Gasteiger partial charge in [-0.2, -0.15) is 0 Å². The Morgan fingerprint density at radius 3 is 2.67 bits per heavy atom. The number of halogens is 1. The number of hydrogen-bond acceptors (Lipinski definition) is 4. The summed E-state index contributed by atoms with van der Waals surface area (Å²) in [6, 6.07) is 13.3. The number of aliphatic imine (C=N–C) groups is 1. The lowest BCUT2D eigenvalue weighted by Crippen LogP contribution is -2.16. The van der Waals surface area contributed by atoms with E-state index >= 15 is 0 Å². The summed E-state index contributed by atoms with van der Waals surface area (Å²) in [4.78, 5) is 5.31. The van der Waals surface area contributed by atoms with Crippen molar-refractivity contribution in [1.82, 2.24) is 0 Å². The summed E-state index contributed by atoms with van der Waals surface area (Å²) in [6.45, 7) is 0. The van der Waals surface area contributed by atoms with Gasteiger partial charge < -0.3 is 9.84 Å². The van der Waals surface area contributed by atoms with E-state index in [0.717, 1.165) is 21.9 Å². The fourth-order valence-corrected chi connectivity index (χ4v) is 3.64. The van der Waals surface area contributed by atoms with Crippen LogP contribution in [0.1, 0.15) is 10.8 Å². The molecular weight excluding hydrogens is 306 g/mol. The highest BCUT2D eigenvalue weighted by Crippen LogP contribution is 2.44. The molecule has 2 unspecified atom stereocenters. The molecule has 1 heterocycles. The SMILES string of the molecule is COc1ccc(C2Sc3cc(Cl)ccc3N=CC2O)cc1. The molecule has 1 aliphatic heterocycles. The van der Waals surface area contributed by atoms with Crippen LogP contribution in [0.4, 0.5) is 5.69 Å². The first-order valence-corrected chi connectivity index (χ1v) is 7.75. The van der Waals surface area contributed by atoms with Gasteiger partial charge >= 0.3 is 0 Å². The standard InChI is InChI=1S/C16H14ClNO2S/c1-20-12-5-2-10(3-6-12)16-14(19)9-18-13-7-4-11(17)8-15(13)21-16/h2-9,14,16,19H,1H3. The Bertz CT molecular complexity index is 672. The van der Waals surface area contributed by atoms with Gasteiger partial charge in [0.1, 0.15) is 11.9 Å². The number of thioether (sulfide) groups is 1. The maximum atomic E-state index is 10.3. The highest BCUT2D eigenvalue weighted by Gasteiger charge is 2.25. The monoisotopic (exact) mass is 319 g/mol. The number of ether oxygens (including phenoxy) is 1. The van der Waals surface area contributed by atoms with Crippen LogP contribution in [-0.4, -0.2) is 24.5 Å². The normalized spacial score (nSPS) is 20.7. The van der Waals surface area contributed by atoms with Crippen LogP contribution in [0.3, 0.4) is 0 Å². The first-order valence-electron chi connectivity index (χ1n) is 6.50. The summed E-state index contributed by atoms with van der Waals surface area (Å²) in [5, 5.41) is 10.9. The number of methoxy groups -OCH3 is 1. The molecule has 0 radical (unpaired) electrons. The van der Waals surface area contributed by atoms with E-state index in [4.69, 9.17) is 16.3 Å². The van der Waals surface area contributed by atoms with Crippen molar-refractivity contribution in [1.29, 1.82) is 0 Å². The largest absolute Gasteiger partial charge is 0.497 e. The molecule has 3 rings (SSSR count). The molecule has 0 fully saturated rings. The van der Waals surface area contributed by atoms with Gasteiger partial charge in [0.15, 0.2) is 0 Å². The zero-order chi connectivity index (χ0) is 14.8. The fraction of sp³-hybridized carbons (Fsp3) is 0.188. The minimum Gasteiger partial charge on any atom is -0.497 e. The van der Waals surface area contributed by atoms with Crippen molar-refractivity contribution in [2.75, 3.05) is 7.11 Å². The first-order chi connectivity index (χ1) is 10.2. The summed E-state index contributed by atoms with van der Waals surface area (Å²) in [5.41, 5.74) is 1.85. The quantitative estimate of drug-likeness (QED) is 0.899. The van der Waals surface area contributed by atoms with Crippen molar-refractivity contribution in [3.63, 3.8) is 0 Å². The average Bonchev–Trinajstić information content (AvgIpc) is 2.67. The van der Waals surface area contributed by atoms with Gasteiger partial charge in [-0.25, -0.2) is 0 Å². The van der Waals surface area contributed by atoms with Crippen molar-refractivity contribution in [3.05, 3.63) is 53.1 Å². The zero-order valence-corrected chi connectivity index (χ0v) is 12.9. The van der Waals surface area contributed by atoms with E-state index in [0.29, 0.717) is 5.02 Å². The molecule has 2 aromatic carbocycles. The maximum Gasteiger partial charge on any atom is 0.118 e. The van der Waals surface area contributed by atoms with Crippen LogP contribution < -0.4 is 4.74 Å². The van der Waals surface area contributed by atoms with Crippen LogP contribution in [0.15, 0.2) is 52.4 Å². The Kier molecular flexibility index (Phi) is 4.19. The van der Waals surface area contributed by atoms with Crippen molar-refractivity contribution in [2.24, 2.45) is 4.99 Å². The van der Waals surface area contributed by atoms with Gasteiger partial charge in [-0.15, -0.1) is 11.8 Å². The van der Waals surface area contributed by atoms with Crippen LogP contribution in [-0.2, 0) is 0 Å². The number of fused-ring (bicyclic) bond motifs is 1. The average molecular weight is 320 g/mol. The highest BCUT2D eigenvalue weighted by molar-refractivity contribution is 7.99. The van der Waals surface area contributed by atoms with Crippen LogP contribution >= 0.6 is 23.4 Å². The zero-order valence-electron chi connectivity index (χ0n) is 11.4. The molecule has 0 saturated carbocycles. The lowest BCUT2D eigenvalue weighted by atomic mass is 10.1. The Morgan fingerprint density at radius 2 is 1.95 bits per heavy atom. The number of nitrogens with zero attached hydrogens (tertiary/aromatic N) is 1. The van der Waals surface area contributed by atoms with E-state index < -0.39 is 6.10 Å². The van der Waals surface area contributed by atoms with Crippen molar-refractivity contribution < 1.29 is 9.84 Å². The Hall–Kier alpha value is -1.49. The van der Waals surface area contributed by atoms with Crippen LogP contribution in [0.25, 0.3) is 0 Å². The highest BCUT2D eigenvalue weighted by atomic mass is 35.5. The molecule has 1 N–H and O–H groups in total. The Balaban J connectivity index is 1.96. The molecule has 0 bridgehead atoms. The molecule has 0 spiro atoms. The summed E-state index contributed by atoms with van der Waals surface area (Å²) in [6.07, 6.45) is 0.927. The van der Waals surface area contributed by atoms with Crippen molar-refractivity contribution in [3.8, 4) is 5.75 Å². The topological polar surface area (TPSA) is 41.8 Å². The lowest BCUT2D eigenvalue weighted by Gasteiger charge is -2.19. The van der Waals surface area contributed by atoms with Gasteiger partial charge in [0.25, 0.3) is 0 Å². The van der Waals surface area contributed by atoms with Gasteiger partial charge in [-0.1, -0.05) is 23.7 Å². The van der Waals surface area contributed by atoms with E-state index in [1.165, 1.54) is 0 Å².